The minimum Gasteiger partial charge on any atom is -0.328 e. The largest absolute Gasteiger partial charge is 0.328 e. The molecule has 0 spiro atoms. The van der Waals surface area contributed by atoms with E-state index in [9.17, 15) is 4.79 Å². The molecule has 3 aromatic heterocycles. The molecule has 0 aliphatic carbocycles. The number of hydrogen-bond donors (Lipinski definition) is 0. The van der Waals surface area contributed by atoms with Gasteiger partial charge in [0.25, 0.3) is 5.91 Å². The number of rotatable bonds is 2. The third-order valence-electron chi connectivity index (χ3n) is 5.08. The zero-order chi connectivity index (χ0) is 19.5. The van der Waals surface area contributed by atoms with Crippen LogP contribution in [0.3, 0.4) is 0 Å². The molecule has 1 aromatic carbocycles. The topological polar surface area (TPSA) is 56.0 Å². The van der Waals surface area contributed by atoms with Crippen molar-refractivity contribution in [3.05, 3.63) is 65.1 Å². The van der Waals surface area contributed by atoms with Crippen LogP contribution in [0.4, 0.5) is 0 Å². The Balaban J connectivity index is 1.51. The predicted molar refractivity (Wildman–Crippen MR) is 110 cm³/mol. The second kappa shape index (κ2) is 6.04. The standard InChI is InChI=1S/C21H21N5OS/c1-21(2,3)26-19(24-8-4-5-9-24)15-11-25(12-17(15)23-26)20(27)14-6-7-16-18(10-14)28-13-22-16/h4-10,13H,11-12H2,1-3H3. The van der Waals surface area contributed by atoms with E-state index >= 15 is 0 Å². The van der Waals surface area contributed by atoms with Crippen LogP contribution in [-0.2, 0) is 18.6 Å². The fourth-order valence-corrected chi connectivity index (χ4v) is 4.44. The molecule has 4 heterocycles. The first kappa shape index (κ1) is 17.2. The van der Waals surface area contributed by atoms with Crippen molar-refractivity contribution < 1.29 is 4.79 Å². The molecule has 1 amide bonds. The van der Waals surface area contributed by atoms with Gasteiger partial charge in [-0.1, -0.05) is 0 Å². The molecule has 142 valence electrons. The Bertz CT molecular complexity index is 1180. The number of aromatic nitrogens is 4. The summed E-state index contributed by atoms with van der Waals surface area (Å²) >= 11 is 1.55. The van der Waals surface area contributed by atoms with Crippen molar-refractivity contribution in [2.24, 2.45) is 0 Å². The average molecular weight is 392 g/mol. The Hall–Kier alpha value is -2.93. The third-order valence-corrected chi connectivity index (χ3v) is 5.87. The normalized spacial score (nSPS) is 14.0. The maximum Gasteiger partial charge on any atom is 0.254 e. The molecule has 0 N–H and O–H groups in total. The minimum absolute atomic E-state index is 0.0362. The molecule has 6 nitrogen and oxygen atoms in total. The number of benzene rings is 1. The van der Waals surface area contributed by atoms with Crippen molar-refractivity contribution >= 4 is 27.5 Å². The number of thiazole rings is 1. The highest BCUT2D eigenvalue weighted by Gasteiger charge is 2.34. The van der Waals surface area contributed by atoms with Gasteiger partial charge in [-0.05, 0) is 51.1 Å². The molecule has 0 bridgehead atoms. The monoisotopic (exact) mass is 391 g/mol. The number of amides is 1. The first-order chi connectivity index (χ1) is 13.4. The van der Waals surface area contributed by atoms with E-state index in [1.807, 2.05) is 53.1 Å². The summed E-state index contributed by atoms with van der Waals surface area (Å²) in [4.78, 5) is 19.3. The fourth-order valence-electron chi connectivity index (χ4n) is 3.72. The third kappa shape index (κ3) is 2.65. The predicted octanol–water partition coefficient (Wildman–Crippen LogP) is 4.19. The highest BCUT2D eigenvalue weighted by Crippen LogP contribution is 2.33. The van der Waals surface area contributed by atoms with E-state index in [2.05, 4.69) is 35.0 Å². The molecule has 0 fully saturated rings. The van der Waals surface area contributed by atoms with Crippen LogP contribution < -0.4 is 0 Å². The summed E-state index contributed by atoms with van der Waals surface area (Å²) in [5.74, 6) is 1.08. The lowest BCUT2D eigenvalue weighted by atomic mass is 10.1. The minimum atomic E-state index is -0.143. The molecular weight excluding hydrogens is 370 g/mol. The van der Waals surface area contributed by atoms with Crippen LogP contribution in [0.15, 0.2) is 48.2 Å². The van der Waals surface area contributed by atoms with Crippen molar-refractivity contribution in [3.63, 3.8) is 0 Å². The van der Waals surface area contributed by atoms with Gasteiger partial charge in [-0.15, -0.1) is 11.3 Å². The summed E-state index contributed by atoms with van der Waals surface area (Å²) in [5.41, 5.74) is 5.40. The molecule has 0 saturated carbocycles. The van der Waals surface area contributed by atoms with Crippen LogP contribution in [0, 0.1) is 0 Å². The highest BCUT2D eigenvalue weighted by molar-refractivity contribution is 7.16. The van der Waals surface area contributed by atoms with E-state index in [0.29, 0.717) is 18.7 Å². The van der Waals surface area contributed by atoms with Gasteiger partial charge < -0.3 is 9.47 Å². The van der Waals surface area contributed by atoms with Crippen LogP contribution in [0.25, 0.3) is 16.0 Å². The second-order valence-corrected chi connectivity index (χ2v) is 9.00. The Morgan fingerprint density at radius 3 is 2.68 bits per heavy atom. The summed E-state index contributed by atoms with van der Waals surface area (Å²) in [7, 11) is 0. The molecule has 0 unspecified atom stereocenters. The molecule has 5 rings (SSSR count). The Morgan fingerprint density at radius 2 is 1.93 bits per heavy atom. The fraction of sp³-hybridized carbons (Fsp3) is 0.286. The maximum atomic E-state index is 13.1. The van der Waals surface area contributed by atoms with E-state index in [0.717, 1.165) is 27.3 Å². The lowest BCUT2D eigenvalue weighted by Gasteiger charge is -2.24. The van der Waals surface area contributed by atoms with Gasteiger partial charge in [0.2, 0.25) is 0 Å². The summed E-state index contributed by atoms with van der Waals surface area (Å²) in [5, 5.41) is 4.88. The van der Waals surface area contributed by atoms with Gasteiger partial charge >= 0.3 is 0 Å². The molecule has 0 atom stereocenters. The number of hydrogen-bond acceptors (Lipinski definition) is 4. The maximum absolute atomic E-state index is 13.1. The zero-order valence-electron chi connectivity index (χ0n) is 16.1. The van der Waals surface area contributed by atoms with E-state index < -0.39 is 0 Å². The first-order valence-corrected chi connectivity index (χ1v) is 10.2. The summed E-state index contributed by atoms with van der Waals surface area (Å²) in [6, 6.07) is 9.74. The van der Waals surface area contributed by atoms with Crippen LogP contribution in [0.2, 0.25) is 0 Å². The van der Waals surface area contributed by atoms with Crippen molar-refractivity contribution in [1.29, 1.82) is 0 Å². The first-order valence-electron chi connectivity index (χ1n) is 9.29. The van der Waals surface area contributed by atoms with Crippen LogP contribution in [-0.4, -0.2) is 30.1 Å². The number of nitrogens with zero attached hydrogens (tertiary/aromatic N) is 5. The number of carbonyl (C=O) groups excluding carboxylic acids is 1. The molecule has 0 saturated heterocycles. The van der Waals surface area contributed by atoms with Gasteiger partial charge in [-0.2, -0.15) is 5.10 Å². The van der Waals surface area contributed by atoms with Crippen LogP contribution >= 0.6 is 11.3 Å². The lowest BCUT2D eigenvalue weighted by Crippen LogP contribution is -2.29. The second-order valence-electron chi connectivity index (χ2n) is 8.12. The highest BCUT2D eigenvalue weighted by atomic mass is 32.1. The smallest absolute Gasteiger partial charge is 0.254 e. The Labute approximate surface area is 167 Å². The van der Waals surface area contributed by atoms with Crippen LogP contribution in [0.1, 0.15) is 42.4 Å². The van der Waals surface area contributed by atoms with Crippen LogP contribution in [0.5, 0.6) is 0 Å². The molecular formula is C21H21N5OS. The van der Waals surface area contributed by atoms with Gasteiger partial charge in [0.1, 0.15) is 5.82 Å². The SMILES string of the molecule is CC(C)(C)n1nc2c(c1-n1cccc1)CN(C(=O)c1ccc3ncsc3c1)C2. The van der Waals surface area contributed by atoms with Gasteiger partial charge in [0.05, 0.1) is 40.0 Å². The number of carbonyl (C=O) groups is 1. The lowest BCUT2D eigenvalue weighted by molar-refractivity contribution is 0.0748. The Morgan fingerprint density at radius 1 is 1.14 bits per heavy atom. The molecule has 1 aliphatic heterocycles. The van der Waals surface area contributed by atoms with E-state index in [1.165, 1.54) is 0 Å². The van der Waals surface area contributed by atoms with Gasteiger partial charge in [-0.25, -0.2) is 9.67 Å². The quantitative estimate of drug-likeness (QED) is 0.515. The Kier molecular flexibility index (Phi) is 3.71. The van der Waals surface area contributed by atoms with E-state index in [-0.39, 0.29) is 11.4 Å². The van der Waals surface area contributed by atoms with Crippen molar-refractivity contribution in [1.82, 2.24) is 24.2 Å². The van der Waals surface area contributed by atoms with Gasteiger partial charge in [-0.3, -0.25) is 4.79 Å². The molecule has 7 heteroatoms. The summed E-state index contributed by atoms with van der Waals surface area (Å²) in [6.45, 7) is 7.55. The molecule has 1 aliphatic rings. The van der Waals surface area contributed by atoms with Gasteiger partial charge in [0, 0.05) is 23.5 Å². The van der Waals surface area contributed by atoms with E-state index in [4.69, 9.17) is 5.10 Å². The zero-order valence-corrected chi connectivity index (χ0v) is 16.9. The summed E-state index contributed by atoms with van der Waals surface area (Å²) < 4.78 is 5.20. The molecule has 4 aromatic rings. The van der Waals surface area contributed by atoms with Crippen molar-refractivity contribution in [3.8, 4) is 5.82 Å². The molecule has 0 radical (unpaired) electrons. The van der Waals surface area contributed by atoms with Crippen molar-refractivity contribution in [2.75, 3.05) is 0 Å². The average Bonchev–Trinajstić information content (AvgIpc) is 3.40. The van der Waals surface area contributed by atoms with E-state index in [1.54, 1.807) is 11.3 Å². The van der Waals surface area contributed by atoms with Crippen molar-refractivity contribution in [2.45, 2.75) is 39.4 Å². The number of fused-ring (bicyclic) bond motifs is 2. The van der Waals surface area contributed by atoms with Gasteiger partial charge in [0.15, 0.2) is 0 Å². The molecule has 28 heavy (non-hydrogen) atoms. The summed E-state index contributed by atoms with van der Waals surface area (Å²) in [6.07, 6.45) is 4.06.